The number of hydrogen-bond donors (Lipinski definition) is 2. The molecule has 2 aliphatic rings. The van der Waals surface area contributed by atoms with Gasteiger partial charge in [-0.25, -0.2) is 0 Å². The molecule has 1 amide bonds. The van der Waals surface area contributed by atoms with E-state index in [4.69, 9.17) is 4.74 Å². The number of hydrogen-bond acceptors (Lipinski definition) is 3. The van der Waals surface area contributed by atoms with Crippen molar-refractivity contribution in [2.24, 2.45) is 11.3 Å². The van der Waals surface area contributed by atoms with E-state index in [1.54, 1.807) is 0 Å². The fourth-order valence-electron chi connectivity index (χ4n) is 3.58. The zero-order valence-electron chi connectivity index (χ0n) is 12.3. The van der Waals surface area contributed by atoms with Crippen LogP contribution in [0.3, 0.4) is 0 Å². The van der Waals surface area contributed by atoms with E-state index in [1.807, 2.05) is 0 Å². The molecule has 0 aromatic heterocycles. The Morgan fingerprint density at radius 3 is 2.74 bits per heavy atom. The molecule has 4 nitrogen and oxygen atoms in total. The molecule has 4 heteroatoms. The Hall–Kier alpha value is -0.610. The van der Waals surface area contributed by atoms with Gasteiger partial charge in [0, 0.05) is 13.1 Å². The lowest BCUT2D eigenvalue weighted by Crippen LogP contribution is -2.52. The third-order valence-corrected chi connectivity index (χ3v) is 4.38. The van der Waals surface area contributed by atoms with Gasteiger partial charge in [-0.15, -0.1) is 0 Å². The lowest BCUT2D eigenvalue weighted by molar-refractivity contribution is -0.126. The maximum absolute atomic E-state index is 12.1. The maximum Gasteiger partial charge on any atom is 0.239 e. The molecule has 1 aliphatic heterocycles. The molecule has 0 aromatic carbocycles. The summed E-state index contributed by atoms with van der Waals surface area (Å²) < 4.78 is 5.34. The lowest BCUT2D eigenvalue weighted by atomic mass is 9.78. The molecule has 19 heavy (non-hydrogen) atoms. The first-order valence-electron chi connectivity index (χ1n) is 7.70. The number of nitrogens with one attached hydrogen (secondary N) is 2. The predicted molar refractivity (Wildman–Crippen MR) is 76.0 cm³/mol. The summed E-state index contributed by atoms with van der Waals surface area (Å²) in [6.07, 6.45) is 6.38. The number of ether oxygens (including phenoxy) is 1. The molecule has 1 heterocycles. The van der Waals surface area contributed by atoms with Crippen LogP contribution in [-0.2, 0) is 9.53 Å². The summed E-state index contributed by atoms with van der Waals surface area (Å²) in [4.78, 5) is 12.1. The van der Waals surface area contributed by atoms with Crippen molar-refractivity contribution >= 4 is 5.91 Å². The van der Waals surface area contributed by atoms with Crippen LogP contribution in [0.5, 0.6) is 0 Å². The Bertz CT molecular complexity index is 293. The summed E-state index contributed by atoms with van der Waals surface area (Å²) in [5.74, 6) is 0.806. The second-order valence-corrected chi connectivity index (χ2v) is 6.60. The molecule has 0 aromatic rings. The summed E-state index contributed by atoms with van der Waals surface area (Å²) in [5.41, 5.74) is 0.347. The Morgan fingerprint density at radius 2 is 2.16 bits per heavy atom. The van der Waals surface area contributed by atoms with Crippen LogP contribution in [0.15, 0.2) is 0 Å². The molecule has 1 saturated heterocycles. The molecule has 1 unspecified atom stereocenters. The Labute approximate surface area is 116 Å². The maximum atomic E-state index is 12.1. The minimum atomic E-state index is -0.161. The minimum Gasteiger partial charge on any atom is -0.378 e. The van der Waals surface area contributed by atoms with Gasteiger partial charge in [0.25, 0.3) is 0 Å². The van der Waals surface area contributed by atoms with E-state index in [2.05, 4.69) is 24.5 Å². The number of rotatable bonds is 5. The fraction of sp³-hybridized carbons (Fsp3) is 0.933. The van der Waals surface area contributed by atoms with Crippen LogP contribution in [0.1, 0.15) is 46.0 Å². The van der Waals surface area contributed by atoms with Crippen molar-refractivity contribution in [2.75, 3.05) is 26.3 Å². The molecule has 1 atom stereocenters. The molecule has 0 radical (unpaired) electrons. The summed E-state index contributed by atoms with van der Waals surface area (Å²) in [5, 5.41) is 6.37. The lowest BCUT2D eigenvalue weighted by Gasteiger charge is -2.32. The van der Waals surface area contributed by atoms with Gasteiger partial charge in [-0.3, -0.25) is 4.79 Å². The second-order valence-electron chi connectivity index (χ2n) is 6.60. The van der Waals surface area contributed by atoms with E-state index in [0.29, 0.717) is 24.5 Å². The molecule has 0 bridgehead atoms. The molecular formula is C15H28N2O2. The normalized spacial score (nSPS) is 26.6. The molecule has 0 spiro atoms. The molecule has 1 aliphatic carbocycles. The van der Waals surface area contributed by atoms with Gasteiger partial charge in [0.1, 0.15) is 6.04 Å². The smallest absolute Gasteiger partial charge is 0.239 e. The summed E-state index contributed by atoms with van der Waals surface area (Å²) in [6.45, 7) is 7.37. The van der Waals surface area contributed by atoms with Crippen LogP contribution in [0.2, 0.25) is 0 Å². The van der Waals surface area contributed by atoms with E-state index in [9.17, 15) is 4.79 Å². The third-order valence-electron chi connectivity index (χ3n) is 4.38. The van der Waals surface area contributed by atoms with Gasteiger partial charge >= 0.3 is 0 Å². The average Bonchev–Trinajstić information content (AvgIpc) is 2.85. The summed E-state index contributed by atoms with van der Waals surface area (Å²) in [7, 11) is 0. The molecule has 1 saturated carbocycles. The minimum absolute atomic E-state index is 0.106. The van der Waals surface area contributed by atoms with Crippen molar-refractivity contribution in [2.45, 2.75) is 52.0 Å². The van der Waals surface area contributed by atoms with Crippen molar-refractivity contribution in [1.82, 2.24) is 10.6 Å². The average molecular weight is 268 g/mol. The number of morpholine rings is 1. The second kappa shape index (κ2) is 6.71. The van der Waals surface area contributed by atoms with E-state index in [0.717, 1.165) is 13.1 Å². The Balaban J connectivity index is 1.82. The summed E-state index contributed by atoms with van der Waals surface area (Å²) >= 11 is 0. The molecule has 2 rings (SSSR count). The standard InChI is InChI=1S/C15H28N2O2/c1-12(2)9-15(5-3-4-6-15)11-17-14(18)13-10-19-8-7-16-13/h12-13,16H,3-11H2,1-2H3,(H,17,18). The van der Waals surface area contributed by atoms with Crippen molar-refractivity contribution < 1.29 is 9.53 Å². The van der Waals surface area contributed by atoms with Gasteiger partial charge in [0.2, 0.25) is 5.91 Å². The molecule has 2 N–H and O–H groups in total. The van der Waals surface area contributed by atoms with Crippen LogP contribution >= 0.6 is 0 Å². The van der Waals surface area contributed by atoms with E-state index in [1.165, 1.54) is 32.1 Å². The van der Waals surface area contributed by atoms with Crippen molar-refractivity contribution in [3.8, 4) is 0 Å². The molecular weight excluding hydrogens is 240 g/mol. The van der Waals surface area contributed by atoms with E-state index < -0.39 is 0 Å². The first kappa shape index (κ1) is 14.8. The van der Waals surface area contributed by atoms with Crippen LogP contribution in [0.25, 0.3) is 0 Å². The molecule has 2 fully saturated rings. The quantitative estimate of drug-likeness (QED) is 0.798. The predicted octanol–water partition coefficient (Wildman–Crippen LogP) is 1.70. The van der Waals surface area contributed by atoms with E-state index >= 15 is 0 Å². The highest BCUT2D eigenvalue weighted by molar-refractivity contribution is 5.82. The number of amides is 1. The fourth-order valence-corrected chi connectivity index (χ4v) is 3.58. The van der Waals surface area contributed by atoms with Crippen molar-refractivity contribution in [3.05, 3.63) is 0 Å². The zero-order chi connectivity index (χ0) is 13.7. The Morgan fingerprint density at radius 1 is 1.42 bits per heavy atom. The van der Waals surface area contributed by atoms with Gasteiger partial charge in [0.05, 0.1) is 13.2 Å². The monoisotopic (exact) mass is 268 g/mol. The van der Waals surface area contributed by atoms with Crippen LogP contribution in [-0.4, -0.2) is 38.3 Å². The number of carbonyl (C=O) groups is 1. The zero-order valence-corrected chi connectivity index (χ0v) is 12.3. The van der Waals surface area contributed by atoms with Crippen molar-refractivity contribution in [3.63, 3.8) is 0 Å². The summed E-state index contributed by atoms with van der Waals surface area (Å²) in [6, 6.07) is -0.161. The number of carbonyl (C=O) groups excluding carboxylic acids is 1. The van der Waals surface area contributed by atoms with Crippen LogP contribution in [0, 0.1) is 11.3 Å². The van der Waals surface area contributed by atoms with Crippen molar-refractivity contribution in [1.29, 1.82) is 0 Å². The van der Waals surface area contributed by atoms with Gasteiger partial charge in [0.15, 0.2) is 0 Å². The first-order chi connectivity index (χ1) is 9.11. The topological polar surface area (TPSA) is 50.4 Å². The van der Waals surface area contributed by atoms with Gasteiger partial charge in [-0.05, 0) is 30.6 Å². The first-order valence-corrected chi connectivity index (χ1v) is 7.70. The van der Waals surface area contributed by atoms with Crippen LogP contribution in [0.4, 0.5) is 0 Å². The highest BCUT2D eigenvalue weighted by atomic mass is 16.5. The Kier molecular flexibility index (Phi) is 5.22. The van der Waals surface area contributed by atoms with Gasteiger partial charge in [-0.2, -0.15) is 0 Å². The van der Waals surface area contributed by atoms with Crippen LogP contribution < -0.4 is 10.6 Å². The highest BCUT2D eigenvalue weighted by Crippen LogP contribution is 2.42. The van der Waals surface area contributed by atoms with Gasteiger partial charge in [-0.1, -0.05) is 26.7 Å². The third kappa shape index (κ3) is 4.18. The van der Waals surface area contributed by atoms with E-state index in [-0.39, 0.29) is 11.9 Å². The largest absolute Gasteiger partial charge is 0.378 e. The van der Waals surface area contributed by atoms with Gasteiger partial charge < -0.3 is 15.4 Å². The highest BCUT2D eigenvalue weighted by Gasteiger charge is 2.35. The SMILES string of the molecule is CC(C)CC1(CNC(=O)C2COCCN2)CCCC1. The molecule has 110 valence electrons.